The lowest BCUT2D eigenvalue weighted by Crippen LogP contribution is -2.25. The maximum Gasteiger partial charge on any atom is 0.251 e. The molecule has 1 amide bonds. The van der Waals surface area contributed by atoms with Gasteiger partial charge >= 0.3 is 0 Å². The van der Waals surface area contributed by atoms with Crippen molar-refractivity contribution in [2.24, 2.45) is 0 Å². The molecule has 0 saturated carbocycles. The molecule has 1 aromatic carbocycles. The Kier molecular flexibility index (Phi) is 8.69. The fraction of sp³-hybridized carbons (Fsp3) is 0.533. The molecule has 0 unspecified atom stereocenters. The Bertz CT molecular complexity index is 440. The van der Waals surface area contributed by atoms with Crippen LogP contribution in [0.5, 0.6) is 11.5 Å². The maximum absolute atomic E-state index is 12.0. The van der Waals surface area contributed by atoms with Crippen LogP contribution in [0.3, 0.4) is 0 Å². The van der Waals surface area contributed by atoms with E-state index < -0.39 is 0 Å². The highest BCUT2D eigenvalue weighted by molar-refractivity contribution is 7.99. The Balaban J connectivity index is 2.48. The van der Waals surface area contributed by atoms with Gasteiger partial charge in [-0.2, -0.15) is 11.8 Å². The third kappa shape index (κ3) is 6.27. The fourth-order valence-electron chi connectivity index (χ4n) is 1.69. The van der Waals surface area contributed by atoms with Crippen molar-refractivity contribution in [3.63, 3.8) is 0 Å². The number of hydrogen-bond donors (Lipinski definition) is 2. The predicted octanol–water partition coefficient (Wildman–Crippen LogP) is 1.94. The third-order valence-corrected chi connectivity index (χ3v) is 3.77. The first-order valence-corrected chi connectivity index (χ1v) is 8.16. The van der Waals surface area contributed by atoms with Crippen LogP contribution in [0.25, 0.3) is 0 Å². The van der Waals surface area contributed by atoms with Crippen LogP contribution >= 0.6 is 11.8 Å². The van der Waals surface area contributed by atoms with Crippen LogP contribution < -0.4 is 14.8 Å². The second-order valence-electron chi connectivity index (χ2n) is 4.24. The average Bonchev–Trinajstić information content (AvgIpc) is 2.50. The van der Waals surface area contributed by atoms with Crippen LogP contribution in [0.2, 0.25) is 0 Å². The molecule has 6 heteroatoms. The van der Waals surface area contributed by atoms with Gasteiger partial charge in [0, 0.05) is 24.5 Å². The van der Waals surface area contributed by atoms with Gasteiger partial charge in [-0.05, 0) is 37.3 Å². The molecular weight excluding hydrogens is 290 g/mol. The zero-order chi connectivity index (χ0) is 15.5. The number of carbonyl (C=O) groups excluding carboxylic acids is 1. The maximum atomic E-state index is 12.0. The van der Waals surface area contributed by atoms with Gasteiger partial charge in [-0.3, -0.25) is 4.79 Å². The number of rotatable bonds is 10. The lowest BCUT2D eigenvalue weighted by Gasteiger charge is -2.11. The van der Waals surface area contributed by atoms with Crippen molar-refractivity contribution in [1.82, 2.24) is 5.32 Å². The van der Waals surface area contributed by atoms with Gasteiger partial charge in [-0.15, -0.1) is 0 Å². The summed E-state index contributed by atoms with van der Waals surface area (Å²) in [6.07, 6.45) is 0.787. The largest absolute Gasteiger partial charge is 0.493 e. The van der Waals surface area contributed by atoms with Crippen LogP contribution in [0.1, 0.15) is 23.7 Å². The molecule has 0 saturated heterocycles. The summed E-state index contributed by atoms with van der Waals surface area (Å²) < 4.78 is 10.6. The minimum Gasteiger partial charge on any atom is -0.493 e. The number of hydrogen-bond acceptors (Lipinski definition) is 5. The molecule has 1 rings (SSSR count). The molecule has 1 aromatic rings. The Hall–Kier alpha value is -1.40. The first kappa shape index (κ1) is 17.7. The molecule has 118 valence electrons. The van der Waals surface area contributed by atoms with Crippen LogP contribution in [-0.2, 0) is 0 Å². The molecule has 21 heavy (non-hydrogen) atoms. The molecule has 0 aliphatic carbocycles. The Morgan fingerprint density at radius 2 is 2.14 bits per heavy atom. The number of aliphatic hydroxyl groups is 1. The normalized spacial score (nSPS) is 10.2. The van der Waals surface area contributed by atoms with Gasteiger partial charge in [0.15, 0.2) is 11.5 Å². The first-order chi connectivity index (χ1) is 10.2. The van der Waals surface area contributed by atoms with E-state index in [1.54, 1.807) is 37.1 Å². The van der Waals surface area contributed by atoms with Crippen molar-refractivity contribution in [2.75, 3.05) is 38.4 Å². The van der Waals surface area contributed by atoms with E-state index in [1.165, 1.54) is 0 Å². The van der Waals surface area contributed by atoms with Gasteiger partial charge in [-0.1, -0.05) is 0 Å². The molecule has 5 nitrogen and oxygen atoms in total. The highest BCUT2D eigenvalue weighted by atomic mass is 32.2. The molecule has 0 radical (unpaired) electrons. The summed E-state index contributed by atoms with van der Waals surface area (Å²) in [7, 11) is 1.57. The van der Waals surface area contributed by atoms with Crippen molar-refractivity contribution >= 4 is 17.7 Å². The van der Waals surface area contributed by atoms with Gasteiger partial charge in [0.2, 0.25) is 0 Å². The molecule has 0 aromatic heterocycles. The average molecular weight is 313 g/mol. The van der Waals surface area contributed by atoms with E-state index in [0.29, 0.717) is 30.2 Å². The summed E-state index contributed by atoms with van der Waals surface area (Å²) in [4.78, 5) is 12.0. The predicted molar refractivity (Wildman–Crippen MR) is 85.5 cm³/mol. The second kappa shape index (κ2) is 10.3. The van der Waals surface area contributed by atoms with Crippen LogP contribution in [0.4, 0.5) is 0 Å². The van der Waals surface area contributed by atoms with E-state index in [4.69, 9.17) is 14.6 Å². The third-order valence-electron chi connectivity index (χ3n) is 2.70. The first-order valence-electron chi connectivity index (χ1n) is 7.00. The van der Waals surface area contributed by atoms with Crippen molar-refractivity contribution in [3.05, 3.63) is 23.8 Å². The zero-order valence-electron chi connectivity index (χ0n) is 12.6. The Morgan fingerprint density at radius 3 is 2.81 bits per heavy atom. The number of aliphatic hydroxyl groups excluding tert-OH is 1. The quantitative estimate of drug-likeness (QED) is 0.646. The monoisotopic (exact) mass is 313 g/mol. The number of amides is 1. The molecule has 0 atom stereocenters. The van der Waals surface area contributed by atoms with E-state index in [-0.39, 0.29) is 12.5 Å². The number of nitrogens with one attached hydrogen (secondary N) is 1. The summed E-state index contributed by atoms with van der Waals surface area (Å²) in [5.74, 6) is 2.81. The van der Waals surface area contributed by atoms with Crippen molar-refractivity contribution in [2.45, 2.75) is 13.3 Å². The van der Waals surface area contributed by atoms with Gasteiger partial charge in [0.05, 0.1) is 13.7 Å². The number of benzene rings is 1. The molecule has 0 heterocycles. The lowest BCUT2D eigenvalue weighted by molar-refractivity contribution is 0.0955. The molecule has 0 aliphatic heterocycles. The smallest absolute Gasteiger partial charge is 0.251 e. The molecule has 2 N–H and O–H groups in total. The lowest BCUT2D eigenvalue weighted by atomic mass is 10.2. The summed E-state index contributed by atoms with van der Waals surface area (Å²) in [6, 6.07) is 5.14. The summed E-state index contributed by atoms with van der Waals surface area (Å²) >= 11 is 1.71. The molecule has 0 aliphatic rings. The molecule has 0 bridgehead atoms. The Morgan fingerprint density at radius 1 is 1.33 bits per heavy atom. The molecule has 0 spiro atoms. The number of thioether (sulfide) groups is 1. The van der Waals surface area contributed by atoms with Gasteiger partial charge in [0.1, 0.15) is 0 Å². The van der Waals surface area contributed by atoms with Crippen molar-refractivity contribution in [1.29, 1.82) is 0 Å². The minimum absolute atomic E-state index is 0.124. The van der Waals surface area contributed by atoms with Crippen LogP contribution in [-0.4, -0.2) is 49.4 Å². The van der Waals surface area contributed by atoms with Gasteiger partial charge in [-0.25, -0.2) is 0 Å². The summed E-state index contributed by atoms with van der Waals surface area (Å²) in [5.41, 5.74) is 0.555. The summed E-state index contributed by atoms with van der Waals surface area (Å²) in [5, 5.41) is 11.5. The van der Waals surface area contributed by atoms with E-state index in [2.05, 4.69) is 5.32 Å². The topological polar surface area (TPSA) is 67.8 Å². The zero-order valence-corrected chi connectivity index (χ0v) is 13.4. The molecule has 0 fully saturated rings. The number of carbonyl (C=O) groups is 1. The van der Waals surface area contributed by atoms with E-state index in [9.17, 15) is 4.79 Å². The van der Waals surface area contributed by atoms with E-state index in [0.717, 1.165) is 17.9 Å². The fourth-order valence-corrected chi connectivity index (χ4v) is 2.48. The highest BCUT2D eigenvalue weighted by Crippen LogP contribution is 2.27. The van der Waals surface area contributed by atoms with Crippen molar-refractivity contribution in [3.8, 4) is 11.5 Å². The number of methoxy groups -OCH3 is 1. The Labute approximate surface area is 130 Å². The standard InChI is InChI=1S/C15H23NO4S/c1-3-20-14-11-12(5-6-13(14)19-2)15(18)16-7-10-21-9-4-8-17/h5-6,11,17H,3-4,7-10H2,1-2H3,(H,16,18). The van der Waals surface area contributed by atoms with Crippen LogP contribution in [0.15, 0.2) is 18.2 Å². The summed E-state index contributed by atoms with van der Waals surface area (Å²) in [6.45, 7) is 3.22. The van der Waals surface area contributed by atoms with Crippen molar-refractivity contribution < 1.29 is 19.4 Å². The highest BCUT2D eigenvalue weighted by Gasteiger charge is 2.10. The SMILES string of the molecule is CCOc1cc(C(=O)NCCSCCCO)ccc1OC. The molecular formula is C15H23NO4S. The number of ether oxygens (including phenoxy) is 2. The second-order valence-corrected chi connectivity index (χ2v) is 5.47. The van der Waals surface area contributed by atoms with Crippen LogP contribution in [0, 0.1) is 0 Å². The van der Waals surface area contributed by atoms with Gasteiger partial charge < -0.3 is 19.9 Å². The van der Waals surface area contributed by atoms with E-state index >= 15 is 0 Å². The van der Waals surface area contributed by atoms with Gasteiger partial charge in [0.25, 0.3) is 5.91 Å². The van der Waals surface area contributed by atoms with E-state index in [1.807, 2.05) is 6.92 Å². The minimum atomic E-state index is -0.124.